The standard InChI is InChI=1S/C20H19ClF2N4O3/c21-13-1-2-15-16(7-13)29-6-5-27(15)19(28)26-11-20(12-26)9-25(10-20)14-3-4-24-17(8-14)30-18(22)23/h1-4,7-8,18H,5-6,9-12H2. The van der Waals surface area contributed by atoms with E-state index in [1.54, 1.807) is 29.2 Å². The number of aromatic nitrogens is 1. The minimum absolute atomic E-state index is 0.0394. The molecule has 2 aromatic rings. The van der Waals surface area contributed by atoms with Gasteiger partial charge in [0.2, 0.25) is 5.88 Å². The number of halogens is 3. The maximum absolute atomic E-state index is 13.0. The van der Waals surface area contributed by atoms with Crippen LogP contribution in [0.5, 0.6) is 11.6 Å². The molecule has 7 nitrogen and oxygen atoms in total. The number of likely N-dealkylation sites (tertiary alicyclic amines) is 1. The van der Waals surface area contributed by atoms with Gasteiger partial charge in [0.25, 0.3) is 0 Å². The largest absolute Gasteiger partial charge is 0.489 e. The second-order valence-corrected chi connectivity index (χ2v) is 8.27. The molecule has 0 atom stereocenters. The van der Waals surface area contributed by atoms with Gasteiger partial charge in [-0.1, -0.05) is 11.6 Å². The van der Waals surface area contributed by atoms with Crippen LogP contribution in [-0.4, -0.2) is 61.9 Å². The molecule has 0 radical (unpaired) electrons. The molecule has 30 heavy (non-hydrogen) atoms. The molecule has 5 rings (SSSR count). The fourth-order valence-corrected chi connectivity index (χ4v) is 4.52. The third kappa shape index (κ3) is 3.36. The number of carbonyl (C=O) groups is 1. The molecule has 1 aromatic carbocycles. The van der Waals surface area contributed by atoms with Crippen LogP contribution in [0.15, 0.2) is 36.5 Å². The van der Waals surface area contributed by atoms with Crippen LogP contribution in [0.1, 0.15) is 0 Å². The molecule has 4 heterocycles. The maximum Gasteiger partial charge on any atom is 0.388 e. The molecule has 0 saturated carbocycles. The van der Waals surface area contributed by atoms with E-state index >= 15 is 0 Å². The van der Waals surface area contributed by atoms with E-state index in [0.29, 0.717) is 37.0 Å². The molecular formula is C20H19ClF2N4O3. The Bertz CT molecular complexity index is 978. The van der Waals surface area contributed by atoms with Gasteiger partial charge in [-0.15, -0.1) is 0 Å². The Hall–Kier alpha value is -2.81. The van der Waals surface area contributed by atoms with Crippen LogP contribution < -0.4 is 19.3 Å². The molecule has 0 N–H and O–H groups in total. The molecule has 10 heteroatoms. The average Bonchev–Trinajstić information content (AvgIpc) is 2.64. The Labute approximate surface area is 176 Å². The van der Waals surface area contributed by atoms with Gasteiger partial charge in [0.15, 0.2) is 0 Å². The summed E-state index contributed by atoms with van der Waals surface area (Å²) >= 11 is 6.02. The van der Waals surface area contributed by atoms with Gasteiger partial charge < -0.3 is 19.3 Å². The number of benzene rings is 1. The molecule has 3 aliphatic rings. The number of hydrogen-bond donors (Lipinski definition) is 0. The zero-order valence-corrected chi connectivity index (χ0v) is 16.7. The lowest BCUT2D eigenvalue weighted by Gasteiger charge is -2.61. The molecule has 3 aliphatic heterocycles. The number of carbonyl (C=O) groups excluding carboxylic acids is 1. The Morgan fingerprint density at radius 2 is 2.00 bits per heavy atom. The fraction of sp³-hybridized carbons (Fsp3) is 0.400. The molecule has 2 amide bonds. The van der Waals surface area contributed by atoms with Gasteiger partial charge in [-0.05, 0) is 18.2 Å². The average molecular weight is 437 g/mol. The monoisotopic (exact) mass is 436 g/mol. The first kappa shape index (κ1) is 19.2. The van der Waals surface area contributed by atoms with Gasteiger partial charge in [0, 0.05) is 60.6 Å². The van der Waals surface area contributed by atoms with Crippen molar-refractivity contribution in [1.82, 2.24) is 9.88 Å². The normalized spacial score (nSPS) is 19.1. The number of pyridine rings is 1. The van der Waals surface area contributed by atoms with E-state index in [9.17, 15) is 13.6 Å². The highest BCUT2D eigenvalue weighted by Gasteiger charge is 2.54. The third-order valence-electron chi connectivity index (χ3n) is 5.69. The summed E-state index contributed by atoms with van der Waals surface area (Å²) in [6.45, 7) is 0.851. The molecule has 0 unspecified atom stereocenters. The zero-order chi connectivity index (χ0) is 20.9. The van der Waals surface area contributed by atoms with Crippen molar-refractivity contribution < 1.29 is 23.0 Å². The summed E-state index contributed by atoms with van der Waals surface area (Å²) < 4.78 is 34.8. The third-order valence-corrected chi connectivity index (χ3v) is 5.92. The molecule has 158 valence electrons. The first-order chi connectivity index (χ1) is 14.4. The van der Waals surface area contributed by atoms with Gasteiger partial charge in [-0.25, -0.2) is 9.78 Å². The van der Waals surface area contributed by atoms with Crippen LogP contribution in [0.2, 0.25) is 5.02 Å². The number of urea groups is 1. The van der Waals surface area contributed by atoms with Gasteiger partial charge >= 0.3 is 12.6 Å². The number of hydrogen-bond acceptors (Lipinski definition) is 5. The quantitative estimate of drug-likeness (QED) is 0.737. The second-order valence-electron chi connectivity index (χ2n) is 7.84. The molecule has 2 saturated heterocycles. The Kier molecular flexibility index (Phi) is 4.57. The highest BCUT2D eigenvalue weighted by Crippen LogP contribution is 2.43. The van der Waals surface area contributed by atoms with Crippen molar-refractivity contribution in [2.75, 3.05) is 49.1 Å². The summed E-state index contributed by atoms with van der Waals surface area (Å²) in [6.07, 6.45) is 1.46. The van der Waals surface area contributed by atoms with Gasteiger partial charge in [-0.2, -0.15) is 8.78 Å². The number of alkyl halides is 2. The van der Waals surface area contributed by atoms with Crippen LogP contribution in [-0.2, 0) is 0 Å². The number of ether oxygens (including phenoxy) is 2. The zero-order valence-electron chi connectivity index (χ0n) is 15.9. The van der Waals surface area contributed by atoms with Crippen molar-refractivity contribution in [3.8, 4) is 11.6 Å². The van der Waals surface area contributed by atoms with Crippen LogP contribution in [0.25, 0.3) is 0 Å². The summed E-state index contributed by atoms with van der Waals surface area (Å²) in [7, 11) is 0. The Balaban J connectivity index is 1.20. The van der Waals surface area contributed by atoms with Gasteiger partial charge in [0.05, 0.1) is 12.2 Å². The molecule has 0 aliphatic carbocycles. The van der Waals surface area contributed by atoms with Crippen LogP contribution >= 0.6 is 11.6 Å². The first-order valence-electron chi connectivity index (χ1n) is 9.57. The maximum atomic E-state index is 13.0. The highest BCUT2D eigenvalue weighted by atomic mass is 35.5. The van der Waals surface area contributed by atoms with Crippen molar-refractivity contribution in [2.45, 2.75) is 6.61 Å². The number of amides is 2. The van der Waals surface area contributed by atoms with Gasteiger partial charge in [0.1, 0.15) is 12.4 Å². The van der Waals surface area contributed by atoms with Crippen molar-refractivity contribution in [1.29, 1.82) is 0 Å². The van der Waals surface area contributed by atoms with E-state index in [-0.39, 0.29) is 17.3 Å². The number of rotatable bonds is 3. The SMILES string of the molecule is O=C(N1CC2(C1)CN(c1ccnc(OC(F)F)c1)C2)N1CCOc2cc(Cl)ccc21. The predicted molar refractivity (Wildman–Crippen MR) is 107 cm³/mol. The van der Waals surface area contributed by atoms with E-state index in [0.717, 1.165) is 24.5 Å². The lowest BCUT2D eigenvalue weighted by atomic mass is 9.72. The molecular weight excluding hydrogens is 418 g/mol. The summed E-state index contributed by atoms with van der Waals surface area (Å²) in [6, 6.07) is 8.51. The van der Waals surface area contributed by atoms with Crippen LogP contribution in [0.4, 0.5) is 25.0 Å². The van der Waals surface area contributed by atoms with Crippen LogP contribution in [0, 0.1) is 5.41 Å². The molecule has 0 bridgehead atoms. The summed E-state index contributed by atoms with van der Waals surface area (Å²) in [4.78, 5) is 22.4. The summed E-state index contributed by atoms with van der Waals surface area (Å²) in [5, 5.41) is 0.568. The first-order valence-corrected chi connectivity index (χ1v) is 9.95. The van der Waals surface area contributed by atoms with E-state index in [2.05, 4.69) is 14.6 Å². The summed E-state index contributed by atoms with van der Waals surface area (Å²) in [5.74, 6) is 0.520. The summed E-state index contributed by atoms with van der Waals surface area (Å²) in [5.41, 5.74) is 1.56. The molecule has 1 spiro atoms. The number of nitrogens with zero attached hydrogens (tertiary/aromatic N) is 4. The van der Waals surface area contributed by atoms with Crippen molar-refractivity contribution in [2.24, 2.45) is 5.41 Å². The van der Waals surface area contributed by atoms with Crippen molar-refractivity contribution in [3.05, 3.63) is 41.6 Å². The topological polar surface area (TPSA) is 58.1 Å². The minimum atomic E-state index is -2.90. The second kappa shape index (κ2) is 7.16. The van der Waals surface area contributed by atoms with E-state index in [4.69, 9.17) is 16.3 Å². The smallest absolute Gasteiger partial charge is 0.388 e. The number of anilines is 2. The highest BCUT2D eigenvalue weighted by molar-refractivity contribution is 6.30. The fourth-order valence-electron chi connectivity index (χ4n) is 4.36. The number of fused-ring (bicyclic) bond motifs is 1. The Morgan fingerprint density at radius 3 is 2.77 bits per heavy atom. The predicted octanol–water partition coefficient (Wildman–Crippen LogP) is 3.48. The van der Waals surface area contributed by atoms with Crippen molar-refractivity contribution >= 4 is 29.0 Å². The lowest BCUT2D eigenvalue weighted by Crippen LogP contribution is -2.74. The Morgan fingerprint density at radius 1 is 1.20 bits per heavy atom. The van der Waals surface area contributed by atoms with E-state index in [1.807, 2.05) is 4.90 Å². The van der Waals surface area contributed by atoms with E-state index < -0.39 is 6.61 Å². The van der Waals surface area contributed by atoms with E-state index in [1.165, 1.54) is 12.3 Å². The molecule has 2 fully saturated rings. The van der Waals surface area contributed by atoms with Crippen LogP contribution in [0.3, 0.4) is 0 Å². The van der Waals surface area contributed by atoms with Gasteiger partial charge in [-0.3, -0.25) is 4.90 Å². The van der Waals surface area contributed by atoms with Crippen molar-refractivity contribution in [3.63, 3.8) is 0 Å². The minimum Gasteiger partial charge on any atom is -0.489 e. The lowest BCUT2D eigenvalue weighted by molar-refractivity contribution is -0.0528. The molecule has 1 aromatic heterocycles.